The molecule has 0 saturated heterocycles. The number of benzene rings is 3. The summed E-state index contributed by atoms with van der Waals surface area (Å²) >= 11 is 0. The summed E-state index contributed by atoms with van der Waals surface area (Å²) in [5.74, 6) is 0.000743. The van der Waals surface area contributed by atoms with Crippen LogP contribution in [0.25, 0.3) is 10.8 Å². The van der Waals surface area contributed by atoms with E-state index < -0.39 is 11.9 Å². The van der Waals surface area contributed by atoms with Crippen molar-refractivity contribution in [1.82, 2.24) is 0 Å². The topological polar surface area (TPSA) is 61.8 Å². The first-order chi connectivity index (χ1) is 13.5. The zero-order chi connectivity index (χ0) is 20.1. The Morgan fingerprint density at radius 1 is 0.893 bits per heavy atom. The predicted octanol–water partition coefficient (Wildman–Crippen LogP) is 4.39. The van der Waals surface area contributed by atoms with E-state index in [1.165, 1.54) is 7.11 Å². The maximum atomic E-state index is 12.4. The normalized spacial score (nSPS) is 11.7. The minimum Gasteiger partial charge on any atom is -0.497 e. The van der Waals surface area contributed by atoms with E-state index >= 15 is 0 Å². The number of rotatable bonds is 7. The zero-order valence-electron chi connectivity index (χ0n) is 16.1. The lowest BCUT2D eigenvalue weighted by atomic mass is 9.98. The zero-order valence-corrected chi connectivity index (χ0v) is 16.1. The van der Waals surface area contributed by atoms with Gasteiger partial charge in [-0.15, -0.1) is 0 Å². The number of Topliss-reactive ketones (excluding diaryl/α,β-unsaturated/α-hetero) is 1. The van der Waals surface area contributed by atoms with Crippen LogP contribution >= 0.6 is 0 Å². The van der Waals surface area contributed by atoms with Crippen molar-refractivity contribution in [3.05, 3.63) is 71.8 Å². The molecular weight excluding hydrogens is 356 g/mol. The van der Waals surface area contributed by atoms with Gasteiger partial charge >= 0.3 is 5.97 Å². The lowest BCUT2D eigenvalue weighted by Crippen LogP contribution is -2.19. The molecule has 5 nitrogen and oxygen atoms in total. The van der Waals surface area contributed by atoms with E-state index in [9.17, 15) is 9.59 Å². The summed E-state index contributed by atoms with van der Waals surface area (Å²) in [6, 6.07) is 18.4. The molecule has 0 radical (unpaired) electrons. The number of fused-ring (bicyclic) bond motifs is 1. The van der Waals surface area contributed by atoms with Crippen LogP contribution in [0, 0.1) is 0 Å². The molecule has 0 heterocycles. The molecule has 3 rings (SSSR count). The van der Waals surface area contributed by atoms with Crippen LogP contribution in [0.1, 0.15) is 28.8 Å². The van der Waals surface area contributed by atoms with Gasteiger partial charge in [0.15, 0.2) is 6.61 Å². The third-order valence-corrected chi connectivity index (χ3v) is 4.68. The van der Waals surface area contributed by atoms with Crippen LogP contribution in [0.4, 0.5) is 0 Å². The number of methoxy groups -OCH3 is 2. The highest BCUT2D eigenvalue weighted by Crippen LogP contribution is 2.26. The van der Waals surface area contributed by atoms with Crippen molar-refractivity contribution in [3.8, 4) is 11.5 Å². The Kier molecular flexibility index (Phi) is 5.94. The molecule has 144 valence electrons. The highest BCUT2D eigenvalue weighted by Gasteiger charge is 2.20. The minimum atomic E-state index is -0.489. The first kappa shape index (κ1) is 19.4. The van der Waals surface area contributed by atoms with Crippen LogP contribution in [0.15, 0.2) is 60.7 Å². The highest BCUT2D eigenvalue weighted by molar-refractivity contribution is 6.00. The first-order valence-electron chi connectivity index (χ1n) is 8.94. The van der Waals surface area contributed by atoms with Gasteiger partial charge in [-0.25, -0.2) is 0 Å². The summed E-state index contributed by atoms with van der Waals surface area (Å²) in [5.41, 5.74) is 1.22. The number of ketones is 1. The Balaban J connectivity index is 1.68. The average molecular weight is 378 g/mol. The van der Waals surface area contributed by atoms with E-state index in [2.05, 4.69) is 0 Å². The first-order valence-corrected chi connectivity index (χ1v) is 8.94. The number of para-hydroxylation sites is 1. The van der Waals surface area contributed by atoms with E-state index in [1.807, 2.05) is 36.4 Å². The van der Waals surface area contributed by atoms with Crippen LogP contribution < -0.4 is 9.47 Å². The summed E-state index contributed by atoms with van der Waals surface area (Å²) in [7, 11) is 3.12. The molecule has 0 fully saturated rings. The van der Waals surface area contributed by atoms with Gasteiger partial charge in [-0.3, -0.25) is 9.59 Å². The number of carbonyl (C=O) groups excluding carboxylic acids is 2. The molecule has 0 unspecified atom stereocenters. The Labute approximate surface area is 163 Å². The molecule has 1 atom stereocenters. The monoisotopic (exact) mass is 378 g/mol. The molecule has 0 N–H and O–H groups in total. The number of ether oxygens (including phenoxy) is 3. The standard InChI is InChI=1S/C23H22O5/c1-15(16-8-9-18-13-19(26-2)11-10-17(18)12-16)23(25)28-14-21(24)20-6-4-5-7-22(20)27-3/h4-13,15H,14H2,1-3H3/t15-/m0/s1. The average Bonchev–Trinajstić information content (AvgIpc) is 2.75. The van der Waals surface area contributed by atoms with Gasteiger partial charge in [-0.2, -0.15) is 0 Å². The van der Waals surface area contributed by atoms with E-state index in [0.29, 0.717) is 11.3 Å². The van der Waals surface area contributed by atoms with Gasteiger partial charge in [-0.1, -0.05) is 36.4 Å². The third-order valence-electron chi connectivity index (χ3n) is 4.68. The summed E-state index contributed by atoms with van der Waals surface area (Å²) in [5, 5.41) is 2.03. The smallest absolute Gasteiger partial charge is 0.313 e. The molecule has 3 aromatic rings. The Bertz CT molecular complexity index is 1010. The number of carbonyl (C=O) groups is 2. The second kappa shape index (κ2) is 8.57. The quantitative estimate of drug-likeness (QED) is 0.451. The third kappa shape index (κ3) is 4.14. The Hall–Kier alpha value is -3.34. The molecule has 0 saturated carbocycles. The van der Waals surface area contributed by atoms with E-state index in [0.717, 1.165) is 22.1 Å². The summed E-state index contributed by atoms with van der Waals surface area (Å²) < 4.78 is 15.7. The second-order valence-electron chi connectivity index (χ2n) is 6.43. The molecule has 0 aromatic heterocycles. The molecule has 0 amide bonds. The van der Waals surface area contributed by atoms with E-state index in [-0.39, 0.29) is 12.4 Å². The molecular formula is C23H22O5. The Morgan fingerprint density at radius 2 is 1.61 bits per heavy atom. The lowest BCUT2D eigenvalue weighted by Gasteiger charge is -2.13. The van der Waals surface area contributed by atoms with Gasteiger partial charge in [0, 0.05) is 0 Å². The van der Waals surface area contributed by atoms with Crippen molar-refractivity contribution in [1.29, 1.82) is 0 Å². The fourth-order valence-corrected chi connectivity index (χ4v) is 2.99. The van der Waals surface area contributed by atoms with Crippen molar-refractivity contribution < 1.29 is 23.8 Å². The van der Waals surface area contributed by atoms with Crippen LogP contribution in [0.2, 0.25) is 0 Å². The van der Waals surface area contributed by atoms with Crippen molar-refractivity contribution in [2.24, 2.45) is 0 Å². The molecule has 0 aliphatic rings. The molecule has 0 spiro atoms. The molecule has 5 heteroatoms. The van der Waals surface area contributed by atoms with Crippen molar-refractivity contribution in [2.75, 3.05) is 20.8 Å². The van der Waals surface area contributed by atoms with Crippen molar-refractivity contribution in [2.45, 2.75) is 12.8 Å². The van der Waals surface area contributed by atoms with Gasteiger partial charge in [0.25, 0.3) is 0 Å². The maximum absolute atomic E-state index is 12.4. The van der Waals surface area contributed by atoms with E-state index in [1.54, 1.807) is 38.3 Å². The molecule has 0 bridgehead atoms. The predicted molar refractivity (Wildman–Crippen MR) is 107 cm³/mol. The molecule has 0 aliphatic heterocycles. The number of esters is 1. The molecule has 0 aliphatic carbocycles. The van der Waals surface area contributed by atoms with Gasteiger partial charge in [0.1, 0.15) is 11.5 Å². The van der Waals surface area contributed by atoms with Crippen LogP contribution in [-0.2, 0) is 9.53 Å². The summed E-state index contributed by atoms with van der Waals surface area (Å²) in [6.45, 7) is 1.44. The van der Waals surface area contributed by atoms with Crippen LogP contribution in [0.3, 0.4) is 0 Å². The Morgan fingerprint density at radius 3 is 2.36 bits per heavy atom. The fourth-order valence-electron chi connectivity index (χ4n) is 2.99. The molecule has 28 heavy (non-hydrogen) atoms. The largest absolute Gasteiger partial charge is 0.497 e. The van der Waals surface area contributed by atoms with E-state index in [4.69, 9.17) is 14.2 Å². The lowest BCUT2D eigenvalue weighted by molar-refractivity contribution is -0.143. The van der Waals surface area contributed by atoms with Gasteiger partial charge in [0.2, 0.25) is 5.78 Å². The van der Waals surface area contributed by atoms with Crippen molar-refractivity contribution >= 4 is 22.5 Å². The van der Waals surface area contributed by atoms with Crippen LogP contribution in [-0.4, -0.2) is 32.6 Å². The van der Waals surface area contributed by atoms with Gasteiger partial charge < -0.3 is 14.2 Å². The van der Waals surface area contributed by atoms with Crippen molar-refractivity contribution in [3.63, 3.8) is 0 Å². The minimum absolute atomic E-state index is 0.302. The summed E-state index contributed by atoms with van der Waals surface area (Å²) in [6.07, 6.45) is 0. The van der Waals surface area contributed by atoms with Gasteiger partial charge in [-0.05, 0) is 47.5 Å². The fraction of sp³-hybridized carbons (Fsp3) is 0.217. The molecule has 3 aromatic carbocycles. The van der Waals surface area contributed by atoms with Crippen LogP contribution in [0.5, 0.6) is 11.5 Å². The number of hydrogen-bond acceptors (Lipinski definition) is 5. The highest BCUT2D eigenvalue weighted by atomic mass is 16.5. The number of hydrogen-bond donors (Lipinski definition) is 0. The maximum Gasteiger partial charge on any atom is 0.313 e. The summed E-state index contributed by atoms with van der Waals surface area (Å²) in [4.78, 5) is 24.8. The second-order valence-corrected chi connectivity index (χ2v) is 6.43. The van der Waals surface area contributed by atoms with Gasteiger partial charge in [0.05, 0.1) is 25.7 Å². The SMILES string of the molecule is COc1ccc2cc([C@H](C)C(=O)OCC(=O)c3ccccc3OC)ccc2c1.